The van der Waals surface area contributed by atoms with Crippen molar-refractivity contribution in [1.29, 1.82) is 0 Å². The molecular weight excluding hydrogens is 232 g/mol. The molecule has 2 heteroatoms. The topological polar surface area (TPSA) is 6.48 Å². The van der Waals surface area contributed by atoms with Crippen molar-refractivity contribution in [3.05, 3.63) is 35.9 Å². The molecule has 2 aliphatic heterocycles. The molecule has 0 saturated carbocycles. The Labute approximate surface area is 117 Å². The molecule has 0 atom stereocenters. The largest absolute Gasteiger partial charge is 0.299 e. The van der Waals surface area contributed by atoms with Gasteiger partial charge in [-0.3, -0.25) is 9.80 Å². The van der Waals surface area contributed by atoms with Crippen molar-refractivity contribution in [2.24, 2.45) is 5.41 Å². The summed E-state index contributed by atoms with van der Waals surface area (Å²) >= 11 is 0. The number of likely N-dealkylation sites (tertiary alicyclic amines) is 2. The van der Waals surface area contributed by atoms with E-state index in [1.165, 1.54) is 38.0 Å². The van der Waals surface area contributed by atoms with E-state index in [1.807, 2.05) is 0 Å². The molecule has 1 aromatic rings. The zero-order valence-corrected chi connectivity index (χ0v) is 12.5. The standard InChI is InChI=1S/C17H26N2/c1-16(2)14-18(3)17(16)9-11-19(12-10-17)13-15-7-5-4-6-8-15/h4-8H,9-14H2,1-3H3. The highest BCUT2D eigenvalue weighted by molar-refractivity contribution is 5.16. The number of benzene rings is 1. The van der Waals surface area contributed by atoms with Crippen LogP contribution in [0.25, 0.3) is 0 Å². The normalized spacial score (nSPS) is 26.3. The molecule has 2 aliphatic rings. The second-order valence-electron chi connectivity index (χ2n) is 7.03. The minimum Gasteiger partial charge on any atom is -0.299 e. The summed E-state index contributed by atoms with van der Waals surface area (Å²) in [5.41, 5.74) is 2.42. The number of nitrogens with zero attached hydrogens (tertiary/aromatic N) is 2. The van der Waals surface area contributed by atoms with Gasteiger partial charge in [0.1, 0.15) is 0 Å². The Morgan fingerprint density at radius 3 is 2.21 bits per heavy atom. The minimum absolute atomic E-state index is 0.472. The molecular formula is C17H26N2. The summed E-state index contributed by atoms with van der Waals surface area (Å²) in [7, 11) is 2.30. The molecule has 2 saturated heterocycles. The van der Waals surface area contributed by atoms with Gasteiger partial charge in [-0.25, -0.2) is 0 Å². The summed E-state index contributed by atoms with van der Waals surface area (Å²) in [6.45, 7) is 9.73. The van der Waals surface area contributed by atoms with Crippen LogP contribution in [0.15, 0.2) is 30.3 Å². The molecule has 3 rings (SSSR count). The van der Waals surface area contributed by atoms with Crippen molar-refractivity contribution >= 4 is 0 Å². The molecule has 0 aromatic heterocycles. The molecule has 1 spiro atoms. The van der Waals surface area contributed by atoms with Gasteiger partial charge in [-0.15, -0.1) is 0 Å². The first-order valence-corrected chi connectivity index (χ1v) is 7.51. The lowest BCUT2D eigenvalue weighted by Gasteiger charge is -2.66. The average Bonchev–Trinajstić information content (AvgIpc) is 2.40. The third-order valence-electron chi connectivity index (χ3n) is 5.56. The van der Waals surface area contributed by atoms with Crippen LogP contribution in [0.4, 0.5) is 0 Å². The summed E-state index contributed by atoms with van der Waals surface area (Å²) in [6, 6.07) is 10.9. The van der Waals surface area contributed by atoms with Gasteiger partial charge in [-0.2, -0.15) is 0 Å². The van der Waals surface area contributed by atoms with Gasteiger partial charge in [0, 0.05) is 31.7 Å². The van der Waals surface area contributed by atoms with Crippen LogP contribution >= 0.6 is 0 Å². The lowest BCUT2D eigenvalue weighted by Crippen LogP contribution is -2.73. The lowest BCUT2D eigenvalue weighted by molar-refractivity contribution is -0.153. The SMILES string of the molecule is CN1CC(C)(C)C12CCN(Cc1ccccc1)CC2. The molecule has 19 heavy (non-hydrogen) atoms. The van der Waals surface area contributed by atoms with E-state index in [9.17, 15) is 0 Å². The summed E-state index contributed by atoms with van der Waals surface area (Å²) in [5, 5.41) is 0. The number of rotatable bonds is 2. The first kappa shape index (κ1) is 13.1. The molecule has 0 N–H and O–H groups in total. The van der Waals surface area contributed by atoms with E-state index >= 15 is 0 Å². The Bertz CT molecular complexity index is 430. The molecule has 0 aliphatic carbocycles. The Morgan fingerprint density at radius 2 is 1.68 bits per heavy atom. The zero-order chi connectivity index (χ0) is 13.5. The summed E-state index contributed by atoms with van der Waals surface area (Å²) in [4.78, 5) is 5.20. The third-order valence-corrected chi connectivity index (χ3v) is 5.56. The quantitative estimate of drug-likeness (QED) is 0.804. The van der Waals surface area contributed by atoms with Crippen LogP contribution < -0.4 is 0 Å². The summed E-state index contributed by atoms with van der Waals surface area (Å²) in [5.74, 6) is 0. The van der Waals surface area contributed by atoms with Crippen molar-refractivity contribution in [3.63, 3.8) is 0 Å². The third kappa shape index (κ3) is 2.11. The first-order valence-electron chi connectivity index (χ1n) is 7.51. The van der Waals surface area contributed by atoms with Crippen LogP contribution in [0, 0.1) is 5.41 Å². The molecule has 2 nitrogen and oxygen atoms in total. The van der Waals surface area contributed by atoms with Crippen LogP contribution in [-0.2, 0) is 6.54 Å². The van der Waals surface area contributed by atoms with Crippen molar-refractivity contribution in [3.8, 4) is 0 Å². The average molecular weight is 258 g/mol. The summed E-state index contributed by atoms with van der Waals surface area (Å²) in [6.07, 6.45) is 2.65. The molecule has 0 amide bonds. The number of hydrogen-bond donors (Lipinski definition) is 0. The van der Waals surface area contributed by atoms with Crippen molar-refractivity contribution in [1.82, 2.24) is 9.80 Å². The second kappa shape index (κ2) is 4.60. The molecule has 2 heterocycles. The van der Waals surface area contributed by atoms with Crippen LogP contribution in [0.1, 0.15) is 32.3 Å². The molecule has 104 valence electrons. The fourth-order valence-corrected chi connectivity index (χ4v) is 4.30. The van der Waals surface area contributed by atoms with Crippen molar-refractivity contribution in [2.75, 3.05) is 26.7 Å². The smallest absolute Gasteiger partial charge is 0.0294 e. The van der Waals surface area contributed by atoms with Gasteiger partial charge in [0.05, 0.1) is 0 Å². The lowest BCUT2D eigenvalue weighted by atomic mass is 9.59. The van der Waals surface area contributed by atoms with E-state index in [4.69, 9.17) is 0 Å². The first-order chi connectivity index (χ1) is 9.03. The maximum absolute atomic E-state index is 2.61. The van der Waals surface area contributed by atoms with Gasteiger partial charge < -0.3 is 0 Å². The molecule has 0 radical (unpaired) electrons. The van der Waals surface area contributed by atoms with E-state index in [2.05, 4.69) is 61.0 Å². The monoisotopic (exact) mass is 258 g/mol. The fraction of sp³-hybridized carbons (Fsp3) is 0.647. The Balaban J connectivity index is 1.61. The highest BCUT2D eigenvalue weighted by atomic mass is 15.3. The van der Waals surface area contributed by atoms with Gasteiger partial charge in [-0.1, -0.05) is 44.2 Å². The van der Waals surface area contributed by atoms with Crippen LogP contribution in [-0.4, -0.2) is 42.0 Å². The second-order valence-corrected chi connectivity index (χ2v) is 7.03. The van der Waals surface area contributed by atoms with E-state index in [1.54, 1.807) is 0 Å². The van der Waals surface area contributed by atoms with Gasteiger partial charge in [-0.05, 0) is 30.9 Å². The predicted octanol–water partition coefficient (Wildman–Crippen LogP) is 2.99. The van der Waals surface area contributed by atoms with Crippen LogP contribution in [0.2, 0.25) is 0 Å². The van der Waals surface area contributed by atoms with Crippen LogP contribution in [0.3, 0.4) is 0 Å². The Hall–Kier alpha value is -0.860. The van der Waals surface area contributed by atoms with Crippen molar-refractivity contribution < 1.29 is 0 Å². The highest BCUT2D eigenvalue weighted by Gasteiger charge is 2.57. The van der Waals surface area contributed by atoms with Crippen LogP contribution in [0.5, 0.6) is 0 Å². The molecule has 1 aromatic carbocycles. The summed E-state index contributed by atoms with van der Waals surface area (Å²) < 4.78 is 0. The van der Waals surface area contributed by atoms with Crippen molar-refractivity contribution in [2.45, 2.75) is 38.8 Å². The molecule has 0 bridgehead atoms. The minimum atomic E-state index is 0.472. The van der Waals surface area contributed by atoms with Gasteiger partial charge >= 0.3 is 0 Å². The van der Waals surface area contributed by atoms with E-state index in [0.717, 1.165) is 6.54 Å². The van der Waals surface area contributed by atoms with Gasteiger partial charge in [0.15, 0.2) is 0 Å². The predicted molar refractivity (Wildman–Crippen MR) is 80.1 cm³/mol. The Kier molecular flexibility index (Phi) is 3.18. The number of hydrogen-bond acceptors (Lipinski definition) is 2. The van der Waals surface area contributed by atoms with E-state index in [-0.39, 0.29) is 0 Å². The highest BCUT2D eigenvalue weighted by Crippen LogP contribution is 2.51. The van der Waals surface area contributed by atoms with Gasteiger partial charge in [0.2, 0.25) is 0 Å². The molecule has 2 fully saturated rings. The van der Waals surface area contributed by atoms with E-state index < -0.39 is 0 Å². The maximum atomic E-state index is 2.61. The molecule has 0 unspecified atom stereocenters. The maximum Gasteiger partial charge on any atom is 0.0294 e. The fourth-order valence-electron chi connectivity index (χ4n) is 4.30. The number of piperidine rings is 1. The Morgan fingerprint density at radius 1 is 1.05 bits per heavy atom. The van der Waals surface area contributed by atoms with Gasteiger partial charge in [0.25, 0.3) is 0 Å². The van der Waals surface area contributed by atoms with E-state index in [0.29, 0.717) is 11.0 Å². The zero-order valence-electron chi connectivity index (χ0n) is 12.5.